The van der Waals surface area contributed by atoms with Crippen LogP contribution in [0.25, 0.3) is 0 Å². The van der Waals surface area contributed by atoms with Crippen LogP contribution in [0.15, 0.2) is 30.3 Å². The zero-order chi connectivity index (χ0) is 13.0. The lowest BCUT2D eigenvalue weighted by atomic mass is 10.1. The van der Waals surface area contributed by atoms with Gasteiger partial charge in [-0.2, -0.15) is 0 Å². The fourth-order valence-electron chi connectivity index (χ4n) is 2.27. The molecule has 4 heteroatoms. The van der Waals surface area contributed by atoms with E-state index >= 15 is 0 Å². The summed E-state index contributed by atoms with van der Waals surface area (Å²) in [6.45, 7) is 3.09. The average molecular weight is 248 g/mol. The van der Waals surface area contributed by atoms with Crippen LogP contribution >= 0.6 is 0 Å². The van der Waals surface area contributed by atoms with Gasteiger partial charge in [-0.05, 0) is 25.5 Å². The van der Waals surface area contributed by atoms with Crippen molar-refractivity contribution in [3.8, 4) is 0 Å². The van der Waals surface area contributed by atoms with Crippen LogP contribution in [-0.2, 0) is 9.53 Å². The lowest BCUT2D eigenvalue weighted by molar-refractivity contribution is -0.131. The van der Waals surface area contributed by atoms with Gasteiger partial charge in [0.15, 0.2) is 0 Å². The first-order chi connectivity index (χ1) is 8.68. The van der Waals surface area contributed by atoms with Gasteiger partial charge in [0.1, 0.15) is 0 Å². The Morgan fingerprint density at radius 1 is 1.44 bits per heavy atom. The summed E-state index contributed by atoms with van der Waals surface area (Å²) in [6.07, 6.45) is 1.06. The minimum absolute atomic E-state index is 0.0983. The van der Waals surface area contributed by atoms with E-state index in [0.717, 1.165) is 18.7 Å². The molecule has 1 amide bonds. The molecule has 4 nitrogen and oxygen atoms in total. The van der Waals surface area contributed by atoms with E-state index in [1.54, 1.807) is 4.90 Å². The van der Waals surface area contributed by atoms with E-state index in [0.29, 0.717) is 6.54 Å². The third kappa shape index (κ3) is 3.01. The molecule has 0 bridgehead atoms. The highest BCUT2D eigenvalue weighted by atomic mass is 16.5. The number of nitrogens with zero attached hydrogens (tertiary/aromatic N) is 1. The van der Waals surface area contributed by atoms with E-state index in [1.165, 1.54) is 0 Å². The molecule has 2 atom stereocenters. The molecule has 1 N–H and O–H groups in total. The second-order valence-corrected chi connectivity index (χ2v) is 4.66. The first-order valence-corrected chi connectivity index (χ1v) is 6.34. The molecule has 0 radical (unpaired) electrons. The molecule has 1 aliphatic rings. The van der Waals surface area contributed by atoms with E-state index in [1.807, 2.05) is 44.3 Å². The normalized spacial score (nSPS) is 22.8. The molecule has 0 aromatic heterocycles. The molecule has 1 aromatic rings. The van der Waals surface area contributed by atoms with Crippen LogP contribution in [0, 0.1) is 0 Å². The second kappa shape index (κ2) is 5.87. The third-order valence-corrected chi connectivity index (χ3v) is 3.44. The van der Waals surface area contributed by atoms with Gasteiger partial charge in [-0.25, -0.2) is 0 Å². The van der Waals surface area contributed by atoms with E-state index in [9.17, 15) is 4.79 Å². The molecule has 1 aromatic carbocycles. The summed E-state index contributed by atoms with van der Waals surface area (Å²) in [5, 5.41) is 3.13. The van der Waals surface area contributed by atoms with Gasteiger partial charge in [-0.3, -0.25) is 4.79 Å². The highest BCUT2D eigenvalue weighted by molar-refractivity contribution is 5.81. The topological polar surface area (TPSA) is 41.6 Å². The van der Waals surface area contributed by atoms with Gasteiger partial charge in [0.25, 0.3) is 0 Å². The van der Waals surface area contributed by atoms with Crippen LogP contribution in [0.3, 0.4) is 0 Å². The minimum atomic E-state index is 0.0983. The number of amides is 1. The Hall–Kier alpha value is -1.55. The van der Waals surface area contributed by atoms with Gasteiger partial charge in [0.05, 0.1) is 18.7 Å². The molecule has 1 aliphatic heterocycles. The largest absolute Gasteiger partial charge is 0.376 e. The van der Waals surface area contributed by atoms with Crippen LogP contribution in [-0.4, -0.2) is 43.2 Å². The summed E-state index contributed by atoms with van der Waals surface area (Å²) in [5.41, 5.74) is 0.968. The molecule has 1 saturated heterocycles. The van der Waals surface area contributed by atoms with Crippen molar-refractivity contribution in [1.29, 1.82) is 0 Å². The summed E-state index contributed by atoms with van der Waals surface area (Å²) in [4.78, 5) is 13.9. The Morgan fingerprint density at radius 2 is 2.17 bits per heavy atom. The fourth-order valence-corrected chi connectivity index (χ4v) is 2.27. The first-order valence-electron chi connectivity index (χ1n) is 6.34. The molecule has 2 unspecified atom stereocenters. The van der Waals surface area contributed by atoms with Crippen molar-refractivity contribution in [1.82, 2.24) is 4.90 Å². The van der Waals surface area contributed by atoms with Gasteiger partial charge in [0.2, 0.25) is 5.91 Å². The number of hydrogen-bond donors (Lipinski definition) is 1. The monoisotopic (exact) mass is 248 g/mol. The van der Waals surface area contributed by atoms with Gasteiger partial charge in [0, 0.05) is 19.3 Å². The maximum Gasteiger partial charge on any atom is 0.241 e. The predicted molar refractivity (Wildman–Crippen MR) is 71.5 cm³/mol. The molecule has 0 aliphatic carbocycles. The van der Waals surface area contributed by atoms with Crippen molar-refractivity contribution in [3.05, 3.63) is 30.3 Å². The standard InChI is InChI=1S/C14H20N2O2/c1-11-13(8-9-18-11)16(2)14(17)10-15-12-6-4-3-5-7-12/h3-7,11,13,15H,8-10H2,1-2H3. The number of anilines is 1. The van der Waals surface area contributed by atoms with Gasteiger partial charge in [-0.15, -0.1) is 0 Å². The van der Waals surface area contributed by atoms with Crippen molar-refractivity contribution in [2.24, 2.45) is 0 Å². The van der Waals surface area contributed by atoms with Crippen LogP contribution in [0.1, 0.15) is 13.3 Å². The van der Waals surface area contributed by atoms with Crippen molar-refractivity contribution in [2.45, 2.75) is 25.5 Å². The zero-order valence-electron chi connectivity index (χ0n) is 10.9. The quantitative estimate of drug-likeness (QED) is 0.882. The number of nitrogens with one attached hydrogen (secondary N) is 1. The number of carbonyl (C=O) groups excluding carboxylic acids is 1. The summed E-state index contributed by atoms with van der Waals surface area (Å²) in [6, 6.07) is 9.96. The van der Waals surface area contributed by atoms with Crippen molar-refractivity contribution >= 4 is 11.6 Å². The lowest BCUT2D eigenvalue weighted by Gasteiger charge is -2.27. The van der Waals surface area contributed by atoms with Crippen LogP contribution < -0.4 is 5.32 Å². The van der Waals surface area contributed by atoms with E-state index in [4.69, 9.17) is 4.74 Å². The van der Waals surface area contributed by atoms with E-state index in [2.05, 4.69) is 5.32 Å². The Kier molecular flexibility index (Phi) is 4.20. The molecule has 98 valence electrons. The Balaban J connectivity index is 1.84. The highest BCUT2D eigenvalue weighted by Gasteiger charge is 2.30. The van der Waals surface area contributed by atoms with Crippen LogP contribution in [0.2, 0.25) is 0 Å². The number of hydrogen-bond acceptors (Lipinski definition) is 3. The van der Waals surface area contributed by atoms with E-state index in [-0.39, 0.29) is 18.1 Å². The molecular formula is C14H20N2O2. The van der Waals surface area contributed by atoms with Gasteiger partial charge in [-0.1, -0.05) is 18.2 Å². The summed E-state index contributed by atoms with van der Waals surface area (Å²) < 4.78 is 5.49. The number of benzene rings is 1. The molecule has 1 heterocycles. The summed E-state index contributed by atoms with van der Waals surface area (Å²) >= 11 is 0. The summed E-state index contributed by atoms with van der Waals surface area (Å²) in [7, 11) is 1.85. The van der Waals surface area contributed by atoms with Crippen LogP contribution in [0.4, 0.5) is 5.69 Å². The van der Waals surface area contributed by atoms with Crippen molar-refractivity contribution in [2.75, 3.05) is 25.5 Å². The number of likely N-dealkylation sites (N-methyl/N-ethyl adjacent to an activating group) is 1. The zero-order valence-corrected chi connectivity index (χ0v) is 10.9. The van der Waals surface area contributed by atoms with Crippen molar-refractivity contribution in [3.63, 3.8) is 0 Å². The number of para-hydroxylation sites is 1. The number of rotatable bonds is 4. The van der Waals surface area contributed by atoms with Crippen molar-refractivity contribution < 1.29 is 9.53 Å². The molecular weight excluding hydrogens is 228 g/mol. The van der Waals surface area contributed by atoms with Gasteiger partial charge >= 0.3 is 0 Å². The Labute approximate surface area is 108 Å². The first kappa shape index (κ1) is 12.9. The fraction of sp³-hybridized carbons (Fsp3) is 0.500. The smallest absolute Gasteiger partial charge is 0.241 e. The average Bonchev–Trinajstić information content (AvgIpc) is 2.82. The maximum atomic E-state index is 12.1. The molecule has 2 rings (SSSR count). The Bertz CT molecular complexity index is 394. The minimum Gasteiger partial charge on any atom is -0.376 e. The van der Waals surface area contributed by atoms with Crippen LogP contribution in [0.5, 0.6) is 0 Å². The lowest BCUT2D eigenvalue weighted by Crippen LogP contribution is -2.43. The Morgan fingerprint density at radius 3 is 2.78 bits per heavy atom. The molecule has 0 saturated carbocycles. The molecule has 18 heavy (non-hydrogen) atoms. The predicted octanol–water partition coefficient (Wildman–Crippen LogP) is 1.73. The highest BCUT2D eigenvalue weighted by Crippen LogP contribution is 2.18. The SMILES string of the molecule is CC1OCCC1N(C)C(=O)CNc1ccccc1. The third-order valence-electron chi connectivity index (χ3n) is 3.44. The number of ether oxygens (including phenoxy) is 1. The molecule has 0 spiro atoms. The van der Waals surface area contributed by atoms with E-state index < -0.39 is 0 Å². The second-order valence-electron chi connectivity index (χ2n) is 4.66. The molecule has 1 fully saturated rings. The van der Waals surface area contributed by atoms with Gasteiger partial charge < -0.3 is 15.0 Å². The summed E-state index contributed by atoms with van der Waals surface area (Å²) in [5.74, 6) is 0.0983. The number of carbonyl (C=O) groups is 1. The maximum absolute atomic E-state index is 12.1.